The van der Waals surface area contributed by atoms with Crippen LogP contribution in [0.15, 0.2) is 47.4 Å². The first-order valence-corrected chi connectivity index (χ1v) is 7.20. The molecule has 2 aromatic carbocycles. The maximum absolute atomic E-state index is 13.9. The van der Waals surface area contributed by atoms with E-state index in [0.717, 1.165) is 5.75 Å². The van der Waals surface area contributed by atoms with Crippen LogP contribution in [-0.4, -0.2) is 5.11 Å². The number of benzene rings is 2. The van der Waals surface area contributed by atoms with Crippen LogP contribution in [0.1, 0.15) is 29.7 Å². The van der Waals surface area contributed by atoms with Gasteiger partial charge in [0.15, 0.2) is 0 Å². The molecule has 0 aliphatic heterocycles. The molecule has 0 radical (unpaired) electrons. The molecule has 0 aliphatic carbocycles. The summed E-state index contributed by atoms with van der Waals surface area (Å²) in [6, 6.07) is 13.1. The van der Waals surface area contributed by atoms with E-state index in [4.69, 9.17) is 0 Å². The van der Waals surface area contributed by atoms with E-state index in [2.05, 4.69) is 6.07 Å². The average Bonchev–Trinajstić information content (AvgIpc) is 2.37. The molecule has 2 aromatic rings. The minimum atomic E-state index is -0.634. The molecule has 0 heterocycles. The van der Waals surface area contributed by atoms with Gasteiger partial charge in [-0.1, -0.05) is 35.9 Å². The van der Waals surface area contributed by atoms with Crippen molar-refractivity contribution >= 4 is 11.8 Å². The molecule has 1 N–H and O–H groups in total. The molecule has 0 saturated carbocycles. The van der Waals surface area contributed by atoms with Crippen LogP contribution in [-0.2, 0) is 5.75 Å². The summed E-state index contributed by atoms with van der Waals surface area (Å²) < 4.78 is 13.9. The van der Waals surface area contributed by atoms with Crippen molar-refractivity contribution in [1.82, 2.24) is 0 Å². The Kier molecular flexibility index (Phi) is 4.61. The number of halogens is 1. The van der Waals surface area contributed by atoms with E-state index in [-0.39, 0.29) is 5.82 Å². The van der Waals surface area contributed by atoms with Crippen LogP contribution in [0.5, 0.6) is 0 Å². The maximum Gasteiger partial charge on any atom is 0.137 e. The second kappa shape index (κ2) is 6.22. The predicted octanol–water partition coefficient (Wildman–Crippen LogP) is 4.48. The molecular weight excluding hydrogens is 259 g/mol. The van der Waals surface area contributed by atoms with Gasteiger partial charge in [-0.15, -0.1) is 11.8 Å². The summed E-state index contributed by atoms with van der Waals surface area (Å²) in [5.74, 6) is 0.475. The van der Waals surface area contributed by atoms with Gasteiger partial charge < -0.3 is 5.11 Å². The van der Waals surface area contributed by atoms with Crippen LogP contribution in [0, 0.1) is 12.7 Å². The zero-order chi connectivity index (χ0) is 13.8. The summed E-state index contributed by atoms with van der Waals surface area (Å²) in [7, 11) is 0. The largest absolute Gasteiger partial charge is 0.389 e. The highest BCUT2D eigenvalue weighted by atomic mass is 32.2. The van der Waals surface area contributed by atoms with Crippen molar-refractivity contribution in [1.29, 1.82) is 0 Å². The molecule has 1 atom stereocenters. The second-order valence-corrected chi connectivity index (χ2v) is 5.66. The smallest absolute Gasteiger partial charge is 0.137 e. The van der Waals surface area contributed by atoms with Crippen molar-refractivity contribution in [2.45, 2.75) is 30.6 Å². The van der Waals surface area contributed by atoms with Crippen LogP contribution in [0.3, 0.4) is 0 Å². The number of aryl methyl sites for hydroxylation is 1. The Bertz CT molecular complexity index is 566. The van der Waals surface area contributed by atoms with Crippen molar-refractivity contribution in [3.05, 3.63) is 65.0 Å². The predicted molar refractivity (Wildman–Crippen MR) is 77.8 cm³/mol. The first kappa shape index (κ1) is 14.1. The summed E-state index contributed by atoms with van der Waals surface area (Å²) in [6.07, 6.45) is -0.634. The summed E-state index contributed by atoms with van der Waals surface area (Å²) in [6.45, 7) is 3.68. The molecule has 0 bridgehead atoms. The van der Waals surface area contributed by atoms with Crippen LogP contribution in [0.4, 0.5) is 4.39 Å². The van der Waals surface area contributed by atoms with E-state index >= 15 is 0 Å². The minimum Gasteiger partial charge on any atom is -0.389 e. The van der Waals surface area contributed by atoms with Crippen molar-refractivity contribution < 1.29 is 9.50 Å². The van der Waals surface area contributed by atoms with Gasteiger partial charge in [-0.05, 0) is 37.1 Å². The lowest BCUT2D eigenvalue weighted by molar-refractivity contribution is 0.198. The van der Waals surface area contributed by atoms with E-state index in [1.54, 1.807) is 19.1 Å². The van der Waals surface area contributed by atoms with Crippen molar-refractivity contribution in [3.8, 4) is 0 Å². The van der Waals surface area contributed by atoms with E-state index in [1.807, 2.05) is 25.1 Å². The zero-order valence-corrected chi connectivity index (χ0v) is 11.9. The SMILES string of the molecule is Cc1cccc(CSc2ccc([C@@H](C)O)cc2F)c1. The van der Waals surface area contributed by atoms with Gasteiger partial charge in [0, 0.05) is 10.6 Å². The van der Waals surface area contributed by atoms with Gasteiger partial charge in [0.1, 0.15) is 5.82 Å². The number of aliphatic hydroxyl groups excluding tert-OH is 1. The number of rotatable bonds is 4. The summed E-state index contributed by atoms with van der Waals surface area (Å²) in [5, 5.41) is 9.40. The third-order valence-corrected chi connectivity index (χ3v) is 4.03. The van der Waals surface area contributed by atoms with E-state index in [9.17, 15) is 9.50 Å². The Morgan fingerprint density at radius 3 is 2.63 bits per heavy atom. The molecule has 1 nitrogen and oxygen atoms in total. The molecule has 0 spiro atoms. The Labute approximate surface area is 117 Å². The minimum absolute atomic E-state index is 0.268. The van der Waals surface area contributed by atoms with Gasteiger partial charge in [-0.25, -0.2) is 4.39 Å². The molecule has 0 aliphatic rings. The van der Waals surface area contributed by atoms with Gasteiger partial charge in [0.05, 0.1) is 6.10 Å². The first-order chi connectivity index (χ1) is 9.06. The van der Waals surface area contributed by atoms with Crippen molar-refractivity contribution in [2.75, 3.05) is 0 Å². The van der Waals surface area contributed by atoms with Gasteiger partial charge in [0.2, 0.25) is 0 Å². The number of hydrogen-bond donors (Lipinski definition) is 1. The third-order valence-electron chi connectivity index (χ3n) is 2.92. The fourth-order valence-corrected chi connectivity index (χ4v) is 2.72. The molecule has 0 fully saturated rings. The average molecular weight is 276 g/mol. The molecular formula is C16H17FOS. The molecule has 0 aromatic heterocycles. The highest BCUT2D eigenvalue weighted by Gasteiger charge is 2.07. The topological polar surface area (TPSA) is 20.2 Å². The Hall–Kier alpha value is -1.32. The normalized spacial score (nSPS) is 12.4. The molecule has 19 heavy (non-hydrogen) atoms. The highest BCUT2D eigenvalue weighted by Crippen LogP contribution is 2.27. The summed E-state index contributed by atoms with van der Waals surface area (Å²) >= 11 is 1.47. The fraction of sp³-hybridized carbons (Fsp3) is 0.250. The van der Waals surface area contributed by atoms with Crippen LogP contribution in [0.25, 0.3) is 0 Å². The number of aliphatic hydroxyl groups is 1. The summed E-state index contributed by atoms with van der Waals surface area (Å²) in [5.41, 5.74) is 3.00. The van der Waals surface area contributed by atoms with Crippen LogP contribution < -0.4 is 0 Å². The Morgan fingerprint density at radius 2 is 2.00 bits per heavy atom. The lowest BCUT2D eigenvalue weighted by Gasteiger charge is -2.08. The molecule has 0 saturated heterocycles. The molecule has 2 rings (SSSR count). The fourth-order valence-electron chi connectivity index (χ4n) is 1.86. The van der Waals surface area contributed by atoms with Gasteiger partial charge in [-0.3, -0.25) is 0 Å². The van der Waals surface area contributed by atoms with Crippen LogP contribution >= 0.6 is 11.8 Å². The van der Waals surface area contributed by atoms with E-state index in [0.29, 0.717) is 10.5 Å². The molecule has 100 valence electrons. The van der Waals surface area contributed by atoms with E-state index in [1.165, 1.54) is 29.0 Å². The molecule has 0 amide bonds. The number of hydrogen-bond acceptors (Lipinski definition) is 2. The second-order valence-electron chi connectivity index (χ2n) is 4.64. The Balaban J connectivity index is 2.07. The lowest BCUT2D eigenvalue weighted by Crippen LogP contribution is -1.93. The molecule has 0 unspecified atom stereocenters. The van der Waals surface area contributed by atoms with Crippen molar-refractivity contribution in [3.63, 3.8) is 0 Å². The first-order valence-electron chi connectivity index (χ1n) is 6.22. The zero-order valence-electron chi connectivity index (χ0n) is 11.1. The highest BCUT2D eigenvalue weighted by molar-refractivity contribution is 7.98. The quantitative estimate of drug-likeness (QED) is 0.831. The monoisotopic (exact) mass is 276 g/mol. The maximum atomic E-state index is 13.9. The molecule has 3 heteroatoms. The number of thioether (sulfide) groups is 1. The third kappa shape index (κ3) is 3.82. The Morgan fingerprint density at radius 1 is 1.21 bits per heavy atom. The van der Waals surface area contributed by atoms with Gasteiger partial charge in [-0.2, -0.15) is 0 Å². The van der Waals surface area contributed by atoms with Crippen molar-refractivity contribution in [2.24, 2.45) is 0 Å². The summed E-state index contributed by atoms with van der Waals surface area (Å²) in [4.78, 5) is 0.617. The standard InChI is InChI=1S/C16H17FOS/c1-11-4-3-5-13(8-11)10-19-16-7-6-14(12(2)18)9-15(16)17/h3-9,12,18H,10H2,1-2H3/t12-/m1/s1. The van der Waals surface area contributed by atoms with Crippen LogP contribution in [0.2, 0.25) is 0 Å². The van der Waals surface area contributed by atoms with Gasteiger partial charge >= 0.3 is 0 Å². The van der Waals surface area contributed by atoms with E-state index < -0.39 is 6.10 Å². The lowest BCUT2D eigenvalue weighted by atomic mass is 10.1. The van der Waals surface area contributed by atoms with Gasteiger partial charge in [0.25, 0.3) is 0 Å².